The van der Waals surface area contributed by atoms with Crippen LogP contribution in [0.25, 0.3) is 21.5 Å². The number of ether oxygens (including phenoxy) is 1. The Balaban J connectivity index is 0.00000290. The fraction of sp³-hybridized carbons (Fsp3) is 0.0588. The Morgan fingerprint density at radius 2 is 1.19 bits per heavy atom. The third-order valence-electron chi connectivity index (χ3n) is 7.96. The van der Waals surface area contributed by atoms with E-state index in [0.29, 0.717) is 11.3 Å². The molecule has 0 aliphatic carbocycles. The number of rotatable bonds is 10. The average Bonchev–Trinajstić information content (AvgIpc) is 3.09. The van der Waals surface area contributed by atoms with E-state index >= 15 is 0 Å². The topological polar surface area (TPSA) is 274 Å². The third kappa shape index (κ3) is 11.0. The van der Waals surface area contributed by atoms with Crippen LogP contribution < -0.4 is 10.1 Å². The normalized spacial score (nSPS) is 11.9. The van der Waals surface area contributed by atoms with Crippen LogP contribution >= 0.6 is 0 Å². The first-order chi connectivity index (χ1) is 25.3. The van der Waals surface area contributed by atoms with Crippen molar-refractivity contribution in [2.75, 3.05) is 12.4 Å². The van der Waals surface area contributed by atoms with E-state index in [4.69, 9.17) is 4.74 Å². The fourth-order valence-electron chi connectivity index (χ4n) is 5.43. The van der Waals surface area contributed by atoms with E-state index in [1.807, 2.05) is 30.3 Å². The van der Waals surface area contributed by atoms with Crippen LogP contribution in [0.2, 0.25) is 0 Å². The van der Waals surface area contributed by atoms with Crippen molar-refractivity contribution in [2.24, 2.45) is 20.5 Å². The average molecular weight is 863 g/mol. The minimum atomic E-state index is -4.93. The number of phenolic OH excluding ortho intramolecular Hbond substituents is 2. The van der Waals surface area contributed by atoms with Crippen LogP contribution in [0.4, 0.5) is 34.1 Å². The second-order valence-corrected chi connectivity index (χ2v) is 15.9. The molecule has 6 aromatic carbocycles. The summed E-state index contributed by atoms with van der Waals surface area (Å²) < 4.78 is 107. The van der Waals surface area contributed by atoms with E-state index in [1.165, 1.54) is 25.3 Å². The molecule has 281 valence electrons. The minimum absolute atomic E-state index is 0. The van der Waals surface area contributed by atoms with Crippen LogP contribution in [0, 0.1) is 6.92 Å². The van der Waals surface area contributed by atoms with Gasteiger partial charge in [0, 0.05) is 118 Å². The fourth-order valence-corrected chi connectivity index (χ4v) is 7.16. The Morgan fingerprint density at radius 3 is 1.79 bits per heavy atom. The van der Waals surface area contributed by atoms with E-state index in [1.54, 1.807) is 19.1 Å². The number of aryl methyl sites for hydroxylation is 1. The van der Waals surface area contributed by atoms with Gasteiger partial charge in [-0.25, -0.2) is 0 Å². The number of nitrogens with zero attached hydrogens (tertiary/aromatic N) is 4. The van der Waals surface area contributed by atoms with Crippen molar-refractivity contribution in [3.63, 3.8) is 0 Å². The van der Waals surface area contributed by atoms with Gasteiger partial charge < -0.3 is 20.3 Å². The summed E-state index contributed by atoms with van der Waals surface area (Å²) in [6.07, 6.45) is 0. The summed E-state index contributed by atoms with van der Waals surface area (Å²) in [5.41, 5.74) is 0.952. The summed E-state index contributed by atoms with van der Waals surface area (Å²) in [6, 6.07) is 21.1. The zero-order valence-corrected chi connectivity index (χ0v) is 39.2. The van der Waals surface area contributed by atoms with Crippen molar-refractivity contribution in [1.29, 1.82) is 0 Å². The van der Waals surface area contributed by atoms with Crippen LogP contribution in [0.1, 0.15) is 5.56 Å². The maximum absolute atomic E-state index is 12.5. The molecule has 0 spiro atoms. The smallest absolute Gasteiger partial charge is 0.296 e. The SMILES string of the molecule is COc1cc(N=Nc2cc(S(=O)(=O)O)cc3cc(S(=O)(=O)O)cc(O)c23)c(C)cc1N=Nc1c(S(=O)(=O)O)cc2cc(Nc3ccccc3)ccc2c1O.[Na].[Na].[Na]. The van der Waals surface area contributed by atoms with Gasteiger partial charge in [0.1, 0.15) is 27.8 Å². The van der Waals surface area contributed by atoms with Gasteiger partial charge in [-0.15, -0.1) is 15.3 Å². The molecule has 0 aliphatic heterocycles. The van der Waals surface area contributed by atoms with Gasteiger partial charge in [-0.3, -0.25) is 13.7 Å². The van der Waals surface area contributed by atoms with Crippen LogP contribution in [0.15, 0.2) is 126 Å². The van der Waals surface area contributed by atoms with Gasteiger partial charge in [0.15, 0.2) is 5.75 Å². The molecule has 6 aromatic rings. The first-order valence-corrected chi connectivity index (χ1v) is 19.5. The Morgan fingerprint density at radius 1 is 0.596 bits per heavy atom. The maximum atomic E-state index is 12.5. The molecule has 0 amide bonds. The molecule has 0 fully saturated rings. The molecule has 23 heteroatoms. The maximum Gasteiger partial charge on any atom is 0.296 e. The molecule has 0 heterocycles. The summed E-state index contributed by atoms with van der Waals surface area (Å²) in [6.45, 7) is 1.56. The molecule has 0 saturated carbocycles. The van der Waals surface area contributed by atoms with E-state index in [2.05, 4.69) is 25.8 Å². The molecule has 17 nitrogen and oxygen atoms in total. The number of hydrogen-bond donors (Lipinski definition) is 6. The number of para-hydroxylation sites is 1. The first-order valence-electron chi connectivity index (χ1n) is 15.2. The monoisotopic (exact) mass is 862 g/mol. The Hall–Kier alpha value is -3.03. The van der Waals surface area contributed by atoms with Crippen molar-refractivity contribution in [3.05, 3.63) is 96.6 Å². The quantitative estimate of drug-likeness (QED) is 0.0465. The summed E-state index contributed by atoms with van der Waals surface area (Å²) in [5.74, 6) is -1.27. The molecule has 0 bridgehead atoms. The van der Waals surface area contributed by atoms with Crippen molar-refractivity contribution in [3.8, 4) is 17.2 Å². The predicted octanol–water partition coefficient (Wildman–Crippen LogP) is 6.89. The number of benzene rings is 6. The van der Waals surface area contributed by atoms with Gasteiger partial charge in [0.2, 0.25) is 0 Å². The molecule has 0 aromatic heterocycles. The summed E-state index contributed by atoms with van der Waals surface area (Å²) in [4.78, 5) is -2.19. The van der Waals surface area contributed by atoms with Gasteiger partial charge in [0.25, 0.3) is 30.4 Å². The number of aromatic hydroxyl groups is 2. The molecule has 3 radical (unpaired) electrons. The Labute approximate surface area is 392 Å². The number of azo groups is 2. The van der Waals surface area contributed by atoms with Crippen LogP contribution in [-0.2, 0) is 30.4 Å². The van der Waals surface area contributed by atoms with Crippen LogP contribution in [0.5, 0.6) is 17.2 Å². The molecule has 0 aliphatic rings. The molecule has 57 heavy (non-hydrogen) atoms. The van der Waals surface area contributed by atoms with E-state index in [9.17, 15) is 49.1 Å². The van der Waals surface area contributed by atoms with Gasteiger partial charge in [-0.2, -0.15) is 30.4 Å². The molecule has 6 N–H and O–H groups in total. The molecule has 0 unspecified atom stereocenters. The minimum Gasteiger partial charge on any atom is -0.507 e. The Kier molecular flexibility index (Phi) is 16.0. The standard InChI is InChI=1S/C34H27N5O12S3.3Na/c1-18-10-27(37-39-33-31(54(48,49)50)14-19-11-22(8-9-25(19)34(33)41)35-21-6-4-3-5-7-21)30(51-2)17-26(18)36-38-28-15-23(52(42,43)44)12-20-13-24(53(45,46)47)16-29(40)32(20)28;;;/h3-17,35,40-41H,1-2H3,(H,42,43,44)(H,45,46,47)(H,48,49,50);;;. The number of anilines is 2. The zero-order valence-electron chi connectivity index (χ0n) is 30.8. The van der Waals surface area contributed by atoms with Crippen molar-refractivity contribution in [1.82, 2.24) is 0 Å². The van der Waals surface area contributed by atoms with Gasteiger partial charge in [-0.1, -0.05) is 18.2 Å². The zero-order chi connectivity index (χ0) is 39.2. The molecule has 6 rings (SSSR count). The summed E-state index contributed by atoms with van der Waals surface area (Å²) in [5, 5.41) is 41.2. The second kappa shape index (κ2) is 18.9. The largest absolute Gasteiger partial charge is 0.507 e. The van der Waals surface area contributed by atoms with E-state index < -0.39 is 62.2 Å². The molecular weight excluding hydrogens is 836 g/mol. The second-order valence-electron chi connectivity index (χ2n) is 11.6. The molecular formula is C34H27N5Na3O12S3. The first kappa shape index (κ1) is 48.3. The summed E-state index contributed by atoms with van der Waals surface area (Å²) in [7, 11) is -13.4. The number of methoxy groups -OCH3 is 1. The summed E-state index contributed by atoms with van der Waals surface area (Å²) >= 11 is 0. The van der Waals surface area contributed by atoms with Gasteiger partial charge in [0.05, 0.1) is 33.7 Å². The molecule has 0 saturated heterocycles. The van der Waals surface area contributed by atoms with Gasteiger partial charge in [-0.05, 0) is 83.9 Å². The number of fused-ring (bicyclic) bond motifs is 2. The number of hydrogen-bond acceptors (Lipinski definition) is 14. The number of nitrogens with one attached hydrogen (secondary N) is 1. The van der Waals surface area contributed by atoms with Crippen molar-refractivity contribution < 1.29 is 53.9 Å². The van der Waals surface area contributed by atoms with Crippen LogP contribution in [0.3, 0.4) is 0 Å². The van der Waals surface area contributed by atoms with E-state index in [0.717, 1.165) is 36.0 Å². The van der Waals surface area contributed by atoms with E-state index in [-0.39, 0.29) is 133 Å². The third-order valence-corrected chi connectivity index (χ3v) is 10.5. The number of phenols is 2. The molecule has 0 atom stereocenters. The van der Waals surface area contributed by atoms with Crippen LogP contribution in [-0.4, -0.2) is 145 Å². The van der Waals surface area contributed by atoms with Crippen molar-refractivity contribution in [2.45, 2.75) is 21.6 Å². The van der Waals surface area contributed by atoms with Crippen molar-refractivity contribution >= 4 is 175 Å². The Bertz CT molecular complexity index is 2910. The predicted molar refractivity (Wildman–Crippen MR) is 214 cm³/mol. The van der Waals surface area contributed by atoms with Gasteiger partial charge >= 0.3 is 0 Å².